The van der Waals surface area contributed by atoms with Crippen LogP contribution in [0.2, 0.25) is 0 Å². The van der Waals surface area contributed by atoms with E-state index in [1.807, 2.05) is 48.5 Å². The van der Waals surface area contributed by atoms with Gasteiger partial charge in [0.1, 0.15) is 5.41 Å². The summed E-state index contributed by atoms with van der Waals surface area (Å²) in [6.07, 6.45) is 3.67. The molecule has 0 saturated heterocycles. The highest BCUT2D eigenvalue weighted by Gasteiger charge is 2.56. The zero-order valence-electron chi connectivity index (χ0n) is 13.5. The second-order valence-electron chi connectivity index (χ2n) is 6.08. The Morgan fingerprint density at radius 3 is 2.33 bits per heavy atom. The smallest absolute Gasteiger partial charge is 0.236 e. The summed E-state index contributed by atoms with van der Waals surface area (Å²) >= 11 is 0. The lowest BCUT2D eigenvalue weighted by Gasteiger charge is -2.15. The molecular weight excluding hydrogens is 302 g/mol. The van der Waals surface area contributed by atoms with Crippen molar-refractivity contribution in [3.63, 3.8) is 0 Å². The molecule has 1 heterocycles. The molecular formula is C19H21N3O2. The predicted molar refractivity (Wildman–Crippen MR) is 90.9 cm³/mol. The predicted octanol–water partition coefficient (Wildman–Crippen LogP) is 1.84. The number of pyridine rings is 1. The first-order chi connectivity index (χ1) is 11.7. The summed E-state index contributed by atoms with van der Waals surface area (Å²) < 4.78 is 0. The van der Waals surface area contributed by atoms with E-state index in [2.05, 4.69) is 15.6 Å². The van der Waals surface area contributed by atoms with Gasteiger partial charge in [-0.3, -0.25) is 14.6 Å². The fourth-order valence-electron chi connectivity index (χ4n) is 2.66. The number of carbonyl (C=O) groups is 2. The first kappa shape index (κ1) is 16.2. The van der Waals surface area contributed by atoms with Crippen LogP contribution in [0.5, 0.6) is 0 Å². The van der Waals surface area contributed by atoms with Crippen molar-refractivity contribution in [1.29, 1.82) is 0 Å². The molecule has 5 heteroatoms. The molecule has 0 unspecified atom stereocenters. The highest BCUT2D eigenvalue weighted by atomic mass is 16.2. The number of aromatic nitrogens is 1. The highest BCUT2D eigenvalue weighted by molar-refractivity contribution is 6.07. The molecule has 3 rings (SSSR count). The summed E-state index contributed by atoms with van der Waals surface area (Å²) in [5.41, 5.74) is 1.07. The van der Waals surface area contributed by atoms with Crippen molar-refractivity contribution in [3.8, 4) is 0 Å². The molecule has 5 nitrogen and oxygen atoms in total. The molecule has 1 aromatic heterocycles. The Hall–Kier alpha value is -2.69. The van der Waals surface area contributed by atoms with Gasteiger partial charge in [-0.05, 0) is 37.0 Å². The first-order valence-corrected chi connectivity index (χ1v) is 8.21. The van der Waals surface area contributed by atoms with Crippen LogP contribution in [0.3, 0.4) is 0 Å². The minimum absolute atomic E-state index is 0.169. The number of amides is 2. The monoisotopic (exact) mass is 323 g/mol. The van der Waals surface area contributed by atoms with Crippen LogP contribution in [-0.2, 0) is 22.6 Å². The number of benzene rings is 1. The van der Waals surface area contributed by atoms with E-state index in [4.69, 9.17) is 0 Å². The molecule has 2 N–H and O–H groups in total. The molecule has 1 aliphatic carbocycles. The van der Waals surface area contributed by atoms with Gasteiger partial charge in [0.2, 0.25) is 11.8 Å². The Balaban J connectivity index is 1.47. The molecule has 1 saturated carbocycles. The van der Waals surface area contributed by atoms with Gasteiger partial charge < -0.3 is 10.6 Å². The fraction of sp³-hybridized carbons (Fsp3) is 0.316. The number of nitrogens with one attached hydrogen (secondary N) is 2. The SMILES string of the molecule is O=C(NCCc1ccccc1)C1(C(=O)NCc2ccccn2)CC1. The van der Waals surface area contributed by atoms with E-state index >= 15 is 0 Å². The maximum Gasteiger partial charge on any atom is 0.236 e. The zero-order chi connectivity index (χ0) is 16.8. The quantitative estimate of drug-likeness (QED) is 0.764. The van der Waals surface area contributed by atoms with Crippen LogP contribution in [0.15, 0.2) is 54.7 Å². The summed E-state index contributed by atoms with van der Waals surface area (Å²) in [5.74, 6) is -0.373. The summed E-state index contributed by atoms with van der Waals surface area (Å²) in [5, 5.41) is 5.73. The van der Waals surface area contributed by atoms with E-state index in [1.165, 1.54) is 5.56 Å². The normalized spacial score (nSPS) is 14.7. The minimum atomic E-state index is -0.883. The van der Waals surface area contributed by atoms with Gasteiger partial charge >= 0.3 is 0 Å². The lowest BCUT2D eigenvalue weighted by atomic mass is 10.0. The standard InChI is InChI=1S/C19H21N3O2/c23-17(21-13-9-15-6-2-1-3-7-15)19(10-11-19)18(24)22-14-16-8-4-5-12-20-16/h1-8,12H,9-11,13-14H2,(H,21,23)(H,22,24). The molecule has 2 aromatic rings. The van der Waals surface area contributed by atoms with Crippen molar-refractivity contribution in [3.05, 3.63) is 66.0 Å². The van der Waals surface area contributed by atoms with Crippen molar-refractivity contribution in [2.45, 2.75) is 25.8 Å². The lowest BCUT2D eigenvalue weighted by Crippen LogP contribution is -2.43. The number of hydrogen-bond acceptors (Lipinski definition) is 3. The number of nitrogens with zero attached hydrogens (tertiary/aromatic N) is 1. The van der Waals surface area contributed by atoms with Crippen molar-refractivity contribution in [2.24, 2.45) is 5.41 Å². The molecule has 0 aliphatic heterocycles. The number of carbonyl (C=O) groups excluding carboxylic acids is 2. The second kappa shape index (κ2) is 7.25. The molecule has 0 spiro atoms. The Morgan fingerprint density at radius 2 is 1.67 bits per heavy atom. The third-order valence-corrected chi connectivity index (χ3v) is 4.32. The summed E-state index contributed by atoms with van der Waals surface area (Å²) in [4.78, 5) is 28.9. The van der Waals surface area contributed by atoms with Crippen LogP contribution in [-0.4, -0.2) is 23.3 Å². The number of hydrogen-bond donors (Lipinski definition) is 2. The van der Waals surface area contributed by atoms with Crippen LogP contribution >= 0.6 is 0 Å². The Bertz CT molecular complexity index is 697. The summed E-state index contributed by atoms with van der Waals surface area (Å²) in [6.45, 7) is 0.886. The van der Waals surface area contributed by atoms with E-state index in [9.17, 15) is 9.59 Å². The van der Waals surface area contributed by atoms with Crippen LogP contribution in [0, 0.1) is 5.41 Å². The third kappa shape index (κ3) is 3.79. The van der Waals surface area contributed by atoms with Crippen molar-refractivity contribution >= 4 is 11.8 Å². The maximum absolute atomic E-state index is 12.4. The Labute approximate surface area is 141 Å². The van der Waals surface area contributed by atoms with Crippen LogP contribution < -0.4 is 10.6 Å². The topological polar surface area (TPSA) is 71.1 Å². The molecule has 24 heavy (non-hydrogen) atoms. The molecule has 1 aliphatic rings. The Kier molecular flexibility index (Phi) is 4.89. The van der Waals surface area contributed by atoms with Gasteiger partial charge in [0, 0.05) is 12.7 Å². The van der Waals surface area contributed by atoms with Gasteiger partial charge in [-0.2, -0.15) is 0 Å². The van der Waals surface area contributed by atoms with Crippen LogP contribution in [0.1, 0.15) is 24.1 Å². The van der Waals surface area contributed by atoms with Gasteiger partial charge in [-0.15, -0.1) is 0 Å². The molecule has 0 radical (unpaired) electrons. The van der Waals surface area contributed by atoms with Crippen LogP contribution in [0.25, 0.3) is 0 Å². The van der Waals surface area contributed by atoms with Crippen molar-refractivity contribution in [1.82, 2.24) is 15.6 Å². The van der Waals surface area contributed by atoms with Gasteiger partial charge in [0.05, 0.1) is 12.2 Å². The molecule has 1 aromatic carbocycles. The number of rotatable bonds is 7. The van der Waals surface area contributed by atoms with Crippen molar-refractivity contribution in [2.75, 3.05) is 6.54 Å². The van der Waals surface area contributed by atoms with Crippen LogP contribution in [0.4, 0.5) is 0 Å². The minimum Gasteiger partial charge on any atom is -0.355 e. The Morgan fingerprint density at radius 1 is 0.958 bits per heavy atom. The van der Waals surface area contributed by atoms with Gasteiger partial charge in [-0.1, -0.05) is 36.4 Å². The zero-order valence-corrected chi connectivity index (χ0v) is 13.5. The van der Waals surface area contributed by atoms with E-state index in [-0.39, 0.29) is 11.8 Å². The van der Waals surface area contributed by atoms with Crippen molar-refractivity contribution < 1.29 is 9.59 Å². The largest absolute Gasteiger partial charge is 0.355 e. The van der Waals surface area contributed by atoms with Gasteiger partial charge in [-0.25, -0.2) is 0 Å². The fourth-order valence-corrected chi connectivity index (χ4v) is 2.66. The van der Waals surface area contributed by atoms with E-state index < -0.39 is 5.41 Å². The first-order valence-electron chi connectivity index (χ1n) is 8.21. The highest BCUT2D eigenvalue weighted by Crippen LogP contribution is 2.46. The van der Waals surface area contributed by atoms with Gasteiger partial charge in [0.25, 0.3) is 0 Å². The molecule has 0 bridgehead atoms. The molecule has 0 atom stereocenters. The van der Waals surface area contributed by atoms with E-state index in [0.29, 0.717) is 25.9 Å². The van der Waals surface area contributed by atoms with E-state index in [1.54, 1.807) is 6.20 Å². The second-order valence-corrected chi connectivity index (χ2v) is 6.08. The average Bonchev–Trinajstić information content (AvgIpc) is 3.43. The summed E-state index contributed by atoms with van der Waals surface area (Å²) in [7, 11) is 0. The van der Waals surface area contributed by atoms with E-state index in [0.717, 1.165) is 12.1 Å². The maximum atomic E-state index is 12.4. The molecule has 2 amide bonds. The summed E-state index contributed by atoms with van der Waals surface area (Å²) in [6, 6.07) is 15.5. The third-order valence-electron chi connectivity index (χ3n) is 4.32. The molecule has 1 fully saturated rings. The molecule has 124 valence electrons. The average molecular weight is 323 g/mol. The van der Waals surface area contributed by atoms with Gasteiger partial charge in [0.15, 0.2) is 0 Å². The lowest BCUT2D eigenvalue weighted by molar-refractivity contribution is -0.137.